The minimum Gasteiger partial charge on any atom is -0.305 e. The predicted molar refractivity (Wildman–Crippen MR) is 77.4 cm³/mol. The second kappa shape index (κ2) is 5.08. The first kappa shape index (κ1) is 12.9. The van der Waals surface area contributed by atoms with E-state index < -0.39 is 0 Å². The number of para-hydroxylation sites is 1. The zero-order valence-corrected chi connectivity index (χ0v) is 11.3. The molecule has 0 unspecified atom stereocenters. The first-order valence-electron chi connectivity index (χ1n) is 6.84. The summed E-state index contributed by atoms with van der Waals surface area (Å²) in [5, 5.41) is 0. The van der Waals surface area contributed by atoms with Crippen LogP contribution in [0.15, 0.2) is 48.5 Å². The molecule has 0 radical (unpaired) electrons. The van der Waals surface area contributed by atoms with E-state index in [2.05, 4.69) is 13.0 Å². The second-order valence-corrected chi connectivity index (χ2v) is 5.20. The van der Waals surface area contributed by atoms with Gasteiger partial charge in [-0.05, 0) is 55.7 Å². The third kappa shape index (κ3) is 2.20. The van der Waals surface area contributed by atoms with E-state index in [0.717, 1.165) is 18.5 Å². The lowest BCUT2D eigenvalue weighted by Gasteiger charge is -2.35. The molecule has 1 atom stereocenters. The fraction of sp³-hybridized carbons (Fsp3) is 0.235. The fourth-order valence-corrected chi connectivity index (χ4v) is 2.73. The Hall–Kier alpha value is -2.16. The van der Waals surface area contributed by atoms with Crippen LogP contribution < -0.4 is 4.90 Å². The van der Waals surface area contributed by atoms with Crippen molar-refractivity contribution in [2.45, 2.75) is 25.8 Å². The van der Waals surface area contributed by atoms with Gasteiger partial charge in [-0.1, -0.05) is 18.2 Å². The zero-order valence-electron chi connectivity index (χ0n) is 11.3. The van der Waals surface area contributed by atoms with E-state index in [9.17, 15) is 9.18 Å². The summed E-state index contributed by atoms with van der Waals surface area (Å²) in [4.78, 5) is 14.5. The highest BCUT2D eigenvalue weighted by Crippen LogP contribution is 2.31. The highest BCUT2D eigenvalue weighted by molar-refractivity contribution is 6.07. The summed E-state index contributed by atoms with van der Waals surface area (Å²) >= 11 is 0. The van der Waals surface area contributed by atoms with Crippen LogP contribution in [0.2, 0.25) is 0 Å². The van der Waals surface area contributed by atoms with Gasteiger partial charge in [-0.25, -0.2) is 4.39 Å². The molecule has 0 saturated carbocycles. The molecule has 0 aliphatic carbocycles. The maximum atomic E-state index is 13.0. The summed E-state index contributed by atoms with van der Waals surface area (Å²) in [6.45, 7) is 2.05. The molecule has 20 heavy (non-hydrogen) atoms. The van der Waals surface area contributed by atoms with Crippen molar-refractivity contribution >= 4 is 11.6 Å². The van der Waals surface area contributed by atoms with E-state index in [1.165, 1.54) is 17.7 Å². The van der Waals surface area contributed by atoms with Gasteiger partial charge in [0.2, 0.25) is 0 Å². The number of carbonyl (C=O) groups is 1. The Kier molecular flexibility index (Phi) is 3.26. The molecule has 0 spiro atoms. The number of benzene rings is 2. The predicted octanol–water partition coefficient (Wildman–Crippen LogP) is 3.81. The molecule has 2 nitrogen and oxygen atoms in total. The lowest BCUT2D eigenvalue weighted by atomic mass is 9.96. The SMILES string of the molecule is C[C@@H]1CCc2ccccc2N1C(=O)c1ccc(F)cc1. The number of amides is 1. The van der Waals surface area contributed by atoms with Crippen molar-refractivity contribution in [3.05, 3.63) is 65.5 Å². The Balaban J connectivity index is 2.00. The van der Waals surface area contributed by atoms with E-state index in [1.54, 1.807) is 12.1 Å². The van der Waals surface area contributed by atoms with Crippen LogP contribution in [-0.2, 0) is 6.42 Å². The molecule has 0 bridgehead atoms. The van der Waals surface area contributed by atoms with Crippen LogP contribution in [0, 0.1) is 5.82 Å². The Morgan fingerprint density at radius 2 is 1.85 bits per heavy atom. The highest BCUT2D eigenvalue weighted by Gasteiger charge is 2.28. The quantitative estimate of drug-likeness (QED) is 0.771. The normalized spacial score (nSPS) is 17.7. The summed E-state index contributed by atoms with van der Waals surface area (Å²) in [7, 11) is 0. The summed E-state index contributed by atoms with van der Waals surface area (Å²) < 4.78 is 13.0. The van der Waals surface area contributed by atoms with Gasteiger partial charge in [0, 0.05) is 17.3 Å². The number of hydrogen-bond acceptors (Lipinski definition) is 1. The number of anilines is 1. The molecule has 1 aliphatic heterocycles. The lowest BCUT2D eigenvalue weighted by molar-refractivity contribution is 0.0975. The monoisotopic (exact) mass is 269 g/mol. The number of aryl methyl sites for hydroxylation is 1. The molecule has 0 aromatic heterocycles. The Labute approximate surface area is 117 Å². The van der Waals surface area contributed by atoms with E-state index in [4.69, 9.17) is 0 Å². The summed E-state index contributed by atoms with van der Waals surface area (Å²) in [5.41, 5.74) is 2.69. The Bertz CT molecular complexity index is 636. The van der Waals surface area contributed by atoms with Crippen molar-refractivity contribution in [1.82, 2.24) is 0 Å². The maximum absolute atomic E-state index is 13.0. The van der Waals surface area contributed by atoms with Crippen molar-refractivity contribution in [2.75, 3.05) is 4.90 Å². The number of nitrogens with zero attached hydrogens (tertiary/aromatic N) is 1. The minimum absolute atomic E-state index is 0.0651. The van der Waals surface area contributed by atoms with E-state index >= 15 is 0 Å². The van der Waals surface area contributed by atoms with Gasteiger partial charge in [0.15, 0.2) is 0 Å². The van der Waals surface area contributed by atoms with Gasteiger partial charge in [-0.2, -0.15) is 0 Å². The minimum atomic E-state index is -0.325. The van der Waals surface area contributed by atoms with Crippen LogP contribution in [0.5, 0.6) is 0 Å². The number of hydrogen-bond donors (Lipinski definition) is 0. The van der Waals surface area contributed by atoms with Crippen LogP contribution >= 0.6 is 0 Å². The Morgan fingerprint density at radius 3 is 2.60 bits per heavy atom. The van der Waals surface area contributed by atoms with Crippen LogP contribution in [0.3, 0.4) is 0 Å². The molecule has 2 aromatic carbocycles. The summed E-state index contributed by atoms with van der Waals surface area (Å²) in [6, 6.07) is 13.9. The largest absolute Gasteiger partial charge is 0.305 e. The van der Waals surface area contributed by atoms with Crippen molar-refractivity contribution < 1.29 is 9.18 Å². The number of rotatable bonds is 1. The molecule has 3 heteroatoms. The molecule has 1 amide bonds. The van der Waals surface area contributed by atoms with Gasteiger partial charge in [0.25, 0.3) is 5.91 Å². The van der Waals surface area contributed by atoms with Gasteiger partial charge in [-0.15, -0.1) is 0 Å². The van der Waals surface area contributed by atoms with Crippen LogP contribution in [0.1, 0.15) is 29.3 Å². The average Bonchev–Trinajstić information content (AvgIpc) is 2.47. The molecular weight excluding hydrogens is 253 g/mol. The first-order chi connectivity index (χ1) is 9.66. The van der Waals surface area contributed by atoms with Gasteiger partial charge in [-0.3, -0.25) is 4.79 Å². The number of fused-ring (bicyclic) bond motifs is 1. The third-order valence-electron chi connectivity index (χ3n) is 3.83. The second-order valence-electron chi connectivity index (χ2n) is 5.20. The third-order valence-corrected chi connectivity index (χ3v) is 3.83. The van der Waals surface area contributed by atoms with Gasteiger partial charge in [0.1, 0.15) is 5.82 Å². The highest BCUT2D eigenvalue weighted by atomic mass is 19.1. The lowest BCUT2D eigenvalue weighted by Crippen LogP contribution is -2.42. The zero-order chi connectivity index (χ0) is 14.1. The van der Waals surface area contributed by atoms with Crippen molar-refractivity contribution in [1.29, 1.82) is 0 Å². The maximum Gasteiger partial charge on any atom is 0.258 e. The van der Waals surface area contributed by atoms with E-state index in [0.29, 0.717) is 5.56 Å². The van der Waals surface area contributed by atoms with Crippen molar-refractivity contribution in [2.24, 2.45) is 0 Å². The molecule has 0 saturated heterocycles. The van der Waals surface area contributed by atoms with E-state index in [-0.39, 0.29) is 17.8 Å². The number of halogens is 1. The van der Waals surface area contributed by atoms with Gasteiger partial charge < -0.3 is 4.90 Å². The molecule has 102 valence electrons. The van der Waals surface area contributed by atoms with Crippen molar-refractivity contribution in [3.63, 3.8) is 0 Å². The van der Waals surface area contributed by atoms with Gasteiger partial charge >= 0.3 is 0 Å². The van der Waals surface area contributed by atoms with Crippen LogP contribution in [0.25, 0.3) is 0 Å². The molecule has 0 N–H and O–H groups in total. The fourth-order valence-electron chi connectivity index (χ4n) is 2.73. The van der Waals surface area contributed by atoms with Crippen molar-refractivity contribution in [3.8, 4) is 0 Å². The number of carbonyl (C=O) groups excluding carboxylic acids is 1. The molecule has 1 heterocycles. The molecule has 2 aromatic rings. The topological polar surface area (TPSA) is 20.3 Å². The molecule has 1 aliphatic rings. The van der Waals surface area contributed by atoms with Crippen LogP contribution in [0.4, 0.5) is 10.1 Å². The first-order valence-corrected chi connectivity index (χ1v) is 6.84. The molecule has 0 fully saturated rings. The molecule has 3 rings (SSSR count). The van der Waals surface area contributed by atoms with Crippen LogP contribution in [-0.4, -0.2) is 11.9 Å². The Morgan fingerprint density at radius 1 is 1.15 bits per heavy atom. The standard InChI is InChI=1S/C17H16FNO/c1-12-6-7-13-4-2-3-5-16(13)19(12)17(20)14-8-10-15(18)11-9-14/h2-5,8-12H,6-7H2,1H3/t12-/m1/s1. The van der Waals surface area contributed by atoms with E-state index in [1.807, 2.05) is 23.1 Å². The average molecular weight is 269 g/mol. The smallest absolute Gasteiger partial charge is 0.258 e. The summed E-state index contributed by atoms with van der Waals surface area (Å²) in [6.07, 6.45) is 1.94. The van der Waals surface area contributed by atoms with Gasteiger partial charge in [0.05, 0.1) is 0 Å². The molecular formula is C17H16FNO. The summed E-state index contributed by atoms with van der Waals surface area (Å²) in [5.74, 6) is -0.390.